The molecule has 1 aromatic rings. The molecule has 1 rings (SSSR count). The van der Waals surface area contributed by atoms with Crippen molar-refractivity contribution in [3.8, 4) is 5.75 Å². The van der Waals surface area contributed by atoms with E-state index in [0.717, 1.165) is 0 Å². The second kappa shape index (κ2) is 5.98. The first-order chi connectivity index (χ1) is 9.74. The summed E-state index contributed by atoms with van der Waals surface area (Å²) in [6.45, 7) is -0.941. The molecule has 0 atom stereocenters. The van der Waals surface area contributed by atoms with Crippen LogP contribution in [0.5, 0.6) is 5.75 Å². The van der Waals surface area contributed by atoms with Gasteiger partial charge in [-0.25, -0.2) is 12.6 Å². The van der Waals surface area contributed by atoms with Gasteiger partial charge in [-0.15, -0.1) is 0 Å². The second-order valence-corrected chi connectivity index (χ2v) is 8.49. The Kier molecular flexibility index (Phi) is 5.05. The van der Waals surface area contributed by atoms with Gasteiger partial charge in [-0.05, 0) is 12.1 Å². The number of hydrogen-bond donors (Lipinski definition) is 4. The van der Waals surface area contributed by atoms with Gasteiger partial charge < -0.3 is 10.8 Å². The van der Waals surface area contributed by atoms with Crippen molar-refractivity contribution < 1.29 is 43.6 Å². The number of sulfone groups is 1. The summed E-state index contributed by atoms with van der Waals surface area (Å²) in [7, 11) is -14.1. The van der Waals surface area contributed by atoms with Crippen molar-refractivity contribution in [2.45, 2.75) is 9.79 Å². The van der Waals surface area contributed by atoms with Crippen molar-refractivity contribution in [3.05, 3.63) is 12.1 Å². The molecule has 5 N–H and O–H groups in total. The van der Waals surface area contributed by atoms with Gasteiger partial charge in [-0.2, -0.15) is 16.8 Å². The van der Waals surface area contributed by atoms with Crippen molar-refractivity contribution in [2.24, 2.45) is 0 Å². The average molecular weight is 377 g/mol. The number of rotatable bonds is 6. The van der Waals surface area contributed by atoms with Crippen LogP contribution >= 0.6 is 0 Å². The van der Waals surface area contributed by atoms with Gasteiger partial charge in [0.1, 0.15) is 4.90 Å². The van der Waals surface area contributed by atoms with Crippen LogP contribution in [-0.4, -0.2) is 51.8 Å². The van der Waals surface area contributed by atoms with Gasteiger partial charge in [0.2, 0.25) is 0 Å². The molecule has 0 heterocycles. The highest BCUT2D eigenvalue weighted by molar-refractivity contribution is 7.91. The van der Waals surface area contributed by atoms with Crippen molar-refractivity contribution in [2.75, 3.05) is 18.1 Å². The molecule has 0 saturated carbocycles. The van der Waals surface area contributed by atoms with E-state index in [-0.39, 0.29) is 0 Å². The fraction of sp³-hybridized carbons (Fsp3) is 0.250. The minimum Gasteiger partial charge on any atom is -0.504 e. The van der Waals surface area contributed by atoms with E-state index in [2.05, 4.69) is 4.18 Å². The number of phenols is 1. The molecule has 22 heavy (non-hydrogen) atoms. The Labute approximate surface area is 126 Å². The highest BCUT2D eigenvalue weighted by atomic mass is 32.3. The first-order valence-corrected chi connectivity index (χ1v) is 9.64. The third kappa shape index (κ3) is 4.79. The lowest BCUT2D eigenvalue weighted by Crippen LogP contribution is -2.16. The SMILES string of the molecule is Nc1cc(S(=O)(=O)CCOS(=O)(=O)O)cc(S(=O)(=O)O)c1O. The standard InChI is InChI=1S/C8H11NO10S3/c9-6-3-5(4-7(8(6)10)21(13,14)15)20(11,12)2-1-19-22(16,17)18/h3-4,10H,1-2,9H2,(H,13,14,15)(H,16,17,18). The summed E-state index contributed by atoms with van der Waals surface area (Å²) in [5, 5.41) is 9.41. The highest BCUT2D eigenvalue weighted by Gasteiger charge is 2.24. The third-order valence-corrected chi connectivity index (χ3v) is 5.29. The zero-order chi connectivity index (χ0) is 17.3. The van der Waals surface area contributed by atoms with Crippen molar-refractivity contribution >= 4 is 36.0 Å². The van der Waals surface area contributed by atoms with Crippen LogP contribution in [0.4, 0.5) is 5.69 Å². The van der Waals surface area contributed by atoms with Gasteiger partial charge in [0.05, 0.1) is 22.9 Å². The summed E-state index contributed by atoms with van der Waals surface area (Å²) in [6.07, 6.45) is 0. The normalized spacial score (nSPS) is 13.2. The summed E-state index contributed by atoms with van der Waals surface area (Å²) in [5.74, 6) is -1.97. The lowest BCUT2D eigenvalue weighted by molar-refractivity contribution is 0.284. The first kappa shape index (κ1) is 18.6. The highest BCUT2D eigenvalue weighted by Crippen LogP contribution is 2.32. The average Bonchev–Trinajstić information content (AvgIpc) is 2.28. The van der Waals surface area contributed by atoms with Crippen LogP contribution in [0.15, 0.2) is 21.9 Å². The molecule has 0 saturated heterocycles. The number of phenolic OH excluding ortho intramolecular Hbond substituents is 1. The number of nitrogens with two attached hydrogens (primary N) is 1. The van der Waals surface area contributed by atoms with Gasteiger partial charge in [-0.1, -0.05) is 0 Å². The number of hydrogen-bond acceptors (Lipinski definition) is 9. The number of anilines is 1. The fourth-order valence-electron chi connectivity index (χ4n) is 1.35. The molecule has 0 unspecified atom stereocenters. The molecule has 0 radical (unpaired) electrons. The molecule has 0 aromatic heterocycles. The minimum atomic E-state index is -4.94. The molecule has 0 aliphatic rings. The predicted octanol–water partition coefficient (Wildman–Crippen LogP) is -1.19. The zero-order valence-electron chi connectivity index (χ0n) is 10.6. The van der Waals surface area contributed by atoms with Crippen LogP contribution in [0.2, 0.25) is 0 Å². The van der Waals surface area contributed by atoms with Crippen molar-refractivity contribution in [3.63, 3.8) is 0 Å². The monoisotopic (exact) mass is 377 g/mol. The zero-order valence-corrected chi connectivity index (χ0v) is 13.0. The van der Waals surface area contributed by atoms with Crippen LogP contribution in [0.3, 0.4) is 0 Å². The Bertz CT molecular complexity index is 884. The third-order valence-electron chi connectivity index (χ3n) is 2.30. The Morgan fingerprint density at radius 1 is 1.05 bits per heavy atom. The Morgan fingerprint density at radius 2 is 1.59 bits per heavy atom. The fourth-order valence-corrected chi connectivity index (χ4v) is 3.60. The maximum absolute atomic E-state index is 11.9. The Morgan fingerprint density at radius 3 is 2.05 bits per heavy atom. The molecular formula is C8H11NO10S3. The molecule has 0 aliphatic heterocycles. The molecule has 1 aromatic carbocycles. The molecule has 0 fully saturated rings. The van der Waals surface area contributed by atoms with Gasteiger partial charge in [0.25, 0.3) is 10.1 Å². The topological polar surface area (TPSA) is 198 Å². The van der Waals surface area contributed by atoms with E-state index in [4.69, 9.17) is 14.8 Å². The summed E-state index contributed by atoms with van der Waals surface area (Å²) < 4.78 is 87.5. The lowest BCUT2D eigenvalue weighted by atomic mass is 10.3. The Balaban J connectivity index is 3.24. The van der Waals surface area contributed by atoms with Crippen LogP contribution in [0, 0.1) is 0 Å². The van der Waals surface area contributed by atoms with Gasteiger partial charge in [-0.3, -0.25) is 9.11 Å². The van der Waals surface area contributed by atoms with Gasteiger partial charge >= 0.3 is 10.4 Å². The molecule has 11 nitrogen and oxygen atoms in total. The lowest BCUT2D eigenvalue weighted by Gasteiger charge is -2.09. The smallest absolute Gasteiger partial charge is 0.397 e. The van der Waals surface area contributed by atoms with E-state index < -0.39 is 63.9 Å². The van der Waals surface area contributed by atoms with E-state index in [1.807, 2.05) is 0 Å². The maximum atomic E-state index is 11.9. The summed E-state index contributed by atoms with van der Waals surface area (Å²) in [6, 6.07) is 1.16. The van der Waals surface area contributed by atoms with E-state index in [1.165, 1.54) is 0 Å². The quantitative estimate of drug-likeness (QED) is 0.264. The summed E-state index contributed by atoms with van der Waals surface area (Å²) in [5.41, 5.74) is 4.62. The Hall–Kier alpha value is -1.45. The molecule has 14 heteroatoms. The largest absolute Gasteiger partial charge is 0.504 e. The molecular weight excluding hydrogens is 366 g/mol. The first-order valence-electron chi connectivity index (χ1n) is 5.18. The van der Waals surface area contributed by atoms with E-state index in [1.54, 1.807) is 0 Å². The maximum Gasteiger partial charge on any atom is 0.397 e. The molecule has 126 valence electrons. The van der Waals surface area contributed by atoms with E-state index >= 15 is 0 Å². The van der Waals surface area contributed by atoms with Crippen LogP contribution < -0.4 is 5.73 Å². The predicted molar refractivity (Wildman–Crippen MR) is 71.9 cm³/mol. The van der Waals surface area contributed by atoms with Crippen LogP contribution in [0.25, 0.3) is 0 Å². The summed E-state index contributed by atoms with van der Waals surface area (Å²) >= 11 is 0. The van der Waals surface area contributed by atoms with Crippen molar-refractivity contribution in [1.82, 2.24) is 0 Å². The van der Waals surface area contributed by atoms with Crippen LogP contribution in [0.1, 0.15) is 0 Å². The van der Waals surface area contributed by atoms with Gasteiger partial charge in [0, 0.05) is 0 Å². The minimum absolute atomic E-state index is 0.448. The second-order valence-electron chi connectivity index (χ2n) is 3.90. The van der Waals surface area contributed by atoms with Crippen LogP contribution in [-0.2, 0) is 34.5 Å². The number of benzene rings is 1. The van der Waals surface area contributed by atoms with Crippen molar-refractivity contribution in [1.29, 1.82) is 0 Å². The van der Waals surface area contributed by atoms with E-state index in [0.29, 0.717) is 12.1 Å². The number of aromatic hydroxyl groups is 1. The molecule has 0 spiro atoms. The van der Waals surface area contributed by atoms with Gasteiger partial charge in [0.15, 0.2) is 15.6 Å². The molecule has 0 aliphatic carbocycles. The molecule has 0 bridgehead atoms. The van der Waals surface area contributed by atoms with E-state index in [9.17, 15) is 30.4 Å². The number of nitrogen functional groups attached to an aromatic ring is 1. The molecule has 0 amide bonds. The summed E-state index contributed by atoms with van der Waals surface area (Å²) in [4.78, 5) is -1.82.